The Bertz CT molecular complexity index is 1940. The summed E-state index contributed by atoms with van der Waals surface area (Å²) in [4.78, 5) is 0. The van der Waals surface area contributed by atoms with Crippen molar-refractivity contribution in [1.82, 2.24) is 0 Å². The predicted molar refractivity (Wildman–Crippen MR) is 261 cm³/mol. The molecule has 0 aliphatic heterocycles. The second-order valence-corrected chi connectivity index (χ2v) is 17.2. The van der Waals surface area contributed by atoms with Crippen molar-refractivity contribution in [2.75, 3.05) is 0 Å². The van der Waals surface area contributed by atoms with Crippen LogP contribution in [-0.2, 0) is 36.2 Å². The summed E-state index contributed by atoms with van der Waals surface area (Å²) < 4.78 is 0. The molecule has 6 aromatic rings. The van der Waals surface area contributed by atoms with E-state index in [1.54, 1.807) is 11.1 Å². The molecule has 6 aromatic carbocycles. The van der Waals surface area contributed by atoms with Gasteiger partial charge in [0.1, 0.15) is 0 Å². The van der Waals surface area contributed by atoms with Gasteiger partial charge in [0.05, 0.1) is 0 Å². The molecule has 0 heterocycles. The molecule has 0 saturated heterocycles. The summed E-state index contributed by atoms with van der Waals surface area (Å²) in [6.07, 6.45) is 16.8. The molecule has 0 amide bonds. The Hall–Kier alpha value is -2.22. The molecule has 58 heavy (non-hydrogen) atoms. The first-order valence-electron chi connectivity index (χ1n) is 21.1. The first kappa shape index (κ1) is 51.9. The molecule has 0 N–H and O–H groups in total. The second kappa shape index (κ2) is 24.9. The van der Waals surface area contributed by atoms with Crippen LogP contribution < -0.4 is 0 Å². The average molecular weight is 909 g/mol. The van der Waals surface area contributed by atoms with E-state index in [0.29, 0.717) is 11.8 Å². The minimum absolute atomic E-state index is 0. The van der Waals surface area contributed by atoms with Crippen molar-refractivity contribution in [3.05, 3.63) is 145 Å². The topological polar surface area (TPSA) is 0 Å². The van der Waals surface area contributed by atoms with Crippen molar-refractivity contribution in [2.45, 2.75) is 130 Å². The molecule has 0 spiro atoms. The van der Waals surface area contributed by atoms with E-state index in [1.807, 2.05) is 0 Å². The first-order chi connectivity index (χ1) is 26.2. The quantitative estimate of drug-likeness (QED) is 0.105. The molecule has 2 fully saturated rings. The number of halogens is 2. The van der Waals surface area contributed by atoms with Crippen molar-refractivity contribution in [3.63, 3.8) is 0 Å². The van der Waals surface area contributed by atoms with Gasteiger partial charge in [-0.1, -0.05) is 178 Å². The SMILES string of the molecule is Cc1ccc(-c2ccc(C(C)C)cc2)c2cc(CC3CCCCC3)[cH-]c12.Cc1ccc(-c2ccc(C(C)C)cc2)c2cc(CC3CCCCC3)[cH-]c12.Cl.Cl.[CH3-].[CH3-].[Si]=[Zr]. The van der Waals surface area contributed by atoms with Gasteiger partial charge in [0.25, 0.3) is 0 Å². The number of aryl methyl sites for hydroxylation is 2. The van der Waals surface area contributed by atoms with Crippen LogP contribution >= 0.6 is 24.8 Å². The van der Waals surface area contributed by atoms with Gasteiger partial charge in [-0.15, -0.1) is 92.9 Å². The standard InChI is InChI=1S/2C26H31.2CH3.2ClH.Si.Zr/c2*1-18(2)22-10-12-23(13-11-22)24-14-9-19(3)25-16-21(17-26(24)25)15-20-7-5-4-6-8-20;;;;;;/h2*9-14,16-18,20H,4-8,15H2,1-3H3;2*1H3;2*1H;;/q4*-1;;;;. The van der Waals surface area contributed by atoms with E-state index in [0.717, 1.165) is 11.8 Å². The van der Waals surface area contributed by atoms with Crippen LogP contribution in [0.2, 0.25) is 0 Å². The van der Waals surface area contributed by atoms with Crippen LogP contribution in [-0.4, -0.2) is 6.88 Å². The average Bonchev–Trinajstić information content (AvgIpc) is 3.83. The van der Waals surface area contributed by atoms with E-state index in [9.17, 15) is 0 Å². The van der Waals surface area contributed by atoms with Crippen LogP contribution in [0.25, 0.3) is 43.8 Å². The zero-order valence-corrected chi connectivity index (χ0v) is 41.9. The number of rotatable bonds is 8. The molecule has 0 nitrogen and oxygen atoms in total. The van der Waals surface area contributed by atoms with Gasteiger partial charge in [-0.25, -0.2) is 0 Å². The number of benzene rings is 4. The summed E-state index contributed by atoms with van der Waals surface area (Å²) >= 11 is 1.36. The van der Waals surface area contributed by atoms with Crippen molar-refractivity contribution < 1.29 is 23.3 Å². The molecular weight excluding hydrogens is 839 g/mol. The van der Waals surface area contributed by atoms with Gasteiger partial charge in [0.15, 0.2) is 0 Å². The van der Waals surface area contributed by atoms with Gasteiger partial charge in [0, 0.05) is 0 Å². The fourth-order valence-electron chi connectivity index (χ4n) is 9.29. The van der Waals surface area contributed by atoms with E-state index in [2.05, 4.69) is 145 Å². The van der Waals surface area contributed by atoms with Crippen LogP contribution in [0.3, 0.4) is 0 Å². The van der Waals surface area contributed by atoms with E-state index in [4.69, 9.17) is 0 Å². The second-order valence-electron chi connectivity index (χ2n) is 17.2. The van der Waals surface area contributed by atoms with Crippen LogP contribution in [0.5, 0.6) is 0 Å². The molecule has 0 aromatic heterocycles. The summed E-state index contributed by atoms with van der Waals surface area (Å²) in [6.45, 7) is 16.6. The molecule has 2 saturated carbocycles. The van der Waals surface area contributed by atoms with Gasteiger partial charge in [-0.05, 0) is 58.8 Å². The monoisotopic (exact) mass is 906 g/mol. The Morgan fingerprint density at radius 3 is 1.16 bits per heavy atom. The fourth-order valence-corrected chi connectivity index (χ4v) is 9.29. The molecular formula is C54H70Cl2SiZr-4. The van der Waals surface area contributed by atoms with Crippen molar-refractivity contribution in [1.29, 1.82) is 0 Å². The van der Waals surface area contributed by atoms with Gasteiger partial charge >= 0.3 is 30.2 Å². The van der Waals surface area contributed by atoms with E-state index < -0.39 is 0 Å². The van der Waals surface area contributed by atoms with Gasteiger partial charge < -0.3 is 14.9 Å². The molecule has 8 rings (SSSR count). The zero-order valence-electron chi connectivity index (χ0n) is 36.8. The van der Waals surface area contributed by atoms with Gasteiger partial charge in [-0.3, -0.25) is 0 Å². The zero-order chi connectivity index (χ0) is 38.2. The first-order valence-corrected chi connectivity index (χ1v) is 25.3. The summed E-state index contributed by atoms with van der Waals surface area (Å²) in [5.41, 5.74) is 14.2. The molecule has 2 radical (unpaired) electrons. The predicted octanol–water partition coefficient (Wildman–Crippen LogP) is 16.9. The Morgan fingerprint density at radius 2 is 0.845 bits per heavy atom. The Labute approximate surface area is 383 Å². The van der Waals surface area contributed by atoms with E-state index in [-0.39, 0.29) is 39.7 Å². The third kappa shape index (κ3) is 12.9. The molecule has 2 aliphatic carbocycles. The number of hydrogen-bond donors (Lipinski definition) is 0. The third-order valence-electron chi connectivity index (χ3n) is 12.6. The summed E-state index contributed by atoms with van der Waals surface area (Å²) in [6, 6.07) is 37.4. The fraction of sp³-hybridized carbons (Fsp3) is 0.407. The maximum absolute atomic E-state index is 3.06. The number of hydrogen-bond acceptors (Lipinski definition) is 0. The van der Waals surface area contributed by atoms with Gasteiger partial charge in [0.2, 0.25) is 0 Å². The van der Waals surface area contributed by atoms with Crippen molar-refractivity contribution >= 4 is 53.2 Å². The third-order valence-corrected chi connectivity index (χ3v) is 12.6. The normalized spacial score (nSPS) is 14.3. The van der Waals surface area contributed by atoms with E-state index >= 15 is 0 Å². The summed E-state index contributed by atoms with van der Waals surface area (Å²) in [5, 5.41) is 5.77. The minimum atomic E-state index is 0. The molecule has 0 unspecified atom stereocenters. The van der Waals surface area contributed by atoms with Crippen LogP contribution in [0, 0.1) is 40.5 Å². The summed E-state index contributed by atoms with van der Waals surface area (Å²) in [7, 11) is 0. The molecule has 0 atom stereocenters. The maximum atomic E-state index is 3.06. The molecule has 4 heteroatoms. The summed E-state index contributed by atoms with van der Waals surface area (Å²) in [5.74, 6) is 2.97. The van der Waals surface area contributed by atoms with Gasteiger partial charge in [-0.2, -0.15) is 12.1 Å². The Kier molecular flexibility index (Phi) is 22.3. The van der Waals surface area contributed by atoms with Crippen molar-refractivity contribution in [3.8, 4) is 22.3 Å². The number of fused-ring (bicyclic) bond motifs is 2. The van der Waals surface area contributed by atoms with Crippen molar-refractivity contribution in [2.24, 2.45) is 11.8 Å². The van der Waals surface area contributed by atoms with E-state index in [1.165, 1.54) is 166 Å². The molecule has 0 bridgehead atoms. The molecule has 2 aliphatic rings. The molecule has 312 valence electrons. The van der Waals surface area contributed by atoms with Crippen LogP contribution in [0.15, 0.2) is 97.1 Å². The Balaban J connectivity index is 0.000000360. The Morgan fingerprint density at radius 1 is 0.517 bits per heavy atom. The van der Waals surface area contributed by atoms with Crippen LogP contribution in [0.1, 0.15) is 137 Å². The van der Waals surface area contributed by atoms with Crippen LogP contribution in [0.4, 0.5) is 0 Å².